The van der Waals surface area contributed by atoms with Gasteiger partial charge in [0, 0.05) is 5.02 Å². The van der Waals surface area contributed by atoms with E-state index in [1.807, 2.05) is 29.7 Å². The lowest BCUT2D eigenvalue weighted by molar-refractivity contribution is 0.626. The second-order valence-corrected chi connectivity index (χ2v) is 5.27. The molecule has 0 radical (unpaired) electrons. The fourth-order valence-electron chi connectivity index (χ4n) is 2.33. The zero-order valence-electron chi connectivity index (χ0n) is 10.7. The Morgan fingerprint density at radius 1 is 1.25 bits per heavy atom. The van der Waals surface area contributed by atoms with Crippen LogP contribution in [0.4, 0.5) is 4.39 Å². The molecule has 1 aromatic heterocycles. The van der Waals surface area contributed by atoms with Gasteiger partial charge in [-0.25, -0.2) is 9.37 Å². The van der Waals surface area contributed by atoms with Crippen molar-refractivity contribution in [3.63, 3.8) is 0 Å². The van der Waals surface area contributed by atoms with Gasteiger partial charge in [-0.3, -0.25) is 4.57 Å². The first-order valence-corrected chi connectivity index (χ1v) is 7.01. The van der Waals surface area contributed by atoms with Crippen LogP contribution < -0.4 is 0 Å². The van der Waals surface area contributed by atoms with Crippen LogP contribution in [0.15, 0.2) is 36.4 Å². The highest BCUT2D eigenvalue weighted by Crippen LogP contribution is 2.27. The van der Waals surface area contributed by atoms with Crippen LogP contribution in [0.2, 0.25) is 5.02 Å². The average molecular weight is 309 g/mol. The molecule has 0 unspecified atom stereocenters. The first kappa shape index (κ1) is 13.4. The number of aromatic nitrogens is 2. The van der Waals surface area contributed by atoms with Crippen LogP contribution in [0.1, 0.15) is 11.4 Å². The Kier molecular flexibility index (Phi) is 3.40. The number of benzene rings is 2. The maximum atomic E-state index is 13.6. The molecule has 5 heteroatoms. The van der Waals surface area contributed by atoms with Gasteiger partial charge in [-0.15, -0.1) is 11.6 Å². The van der Waals surface area contributed by atoms with Crippen LogP contribution in [-0.2, 0) is 5.88 Å². The summed E-state index contributed by atoms with van der Waals surface area (Å²) in [4.78, 5) is 4.53. The standard InChI is InChI=1S/C15H11Cl2FN2/c1-9-3-2-4-13-15(9)19-14(8-16)20(13)12-6-10(17)5-11(18)7-12/h2-7H,8H2,1H3. The van der Waals surface area contributed by atoms with E-state index in [-0.39, 0.29) is 11.7 Å². The number of imidazole rings is 1. The molecule has 3 rings (SSSR count). The Morgan fingerprint density at radius 3 is 2.75 bits per heavy atom. The van der Waals surface area contributed by atoms with E-state index in [0.29, 0.717) is 16.5 Å². The molecule has 20 heavy (non-hydrogen) atoms. The third-order valence-corrected chi connectivity index (χ3v) is 3.64. The van der Waals surface area contributed by atoms with E-state index < -0.39 is 0 Å². The molecule has 0 aliphatic heterocycles. The molecule has 0 saturated heterocycles. The van der Waals surface area contributed by atoms with Crippen LogP contribution in [-0.4, -0.2) is 9.55 Å². The van der Waals surface area contributed by atoms with Gasteiger partial charge < -0.3 is 0 Å². The monoisotopic (exact) mass is 308 g/mol. The summed E-state index contributed by atoms with van der Waals surface area (Å²) in [6.07, 6.45) is 0. The van der Waals surface area contributed by atoms with Crippen LogP contribution in [0, 0.1) is 12.7 Å². The minimum Gasteiger partial charge on any atom is -0.295 e. The fraction of sp³-hybridized carbons (Fsp3) is 0.133. The third-order valence-electron chi connectivity index (χ3n) is 3.18. The van der Waals surface area contributed by atoms with Crippen molar-refractivity contribution in [1.29, 1.82) is 0 Å². The van der Waals surface area contributed by atoms with Crippen molar-refractivity contribution in [2.45, 2.75) is 12.8 Å². The summed E-state index contributed by atoms with van der Waals surface area (Å²) in [6, 6.07) is 10.3. The Balaban J connectivity index is 2.37. The summed E-state index contributed by atoms with van der Waals surface area (Å²) in [5.41, 5.74) is 3.43. The normalized spacial score (nSPS) is 11.2. The number of aryl methyl sites for hydroxylation is 1. The lowest BCUT2D eigenvalue weighted by atomic mass is 10.2. The van der Waals surface area contributed by atoms with Crippen LogP contribution >= 0.6 is 23.2 Å². The van der Waals surface area contributed by atoms with Crippen molar-refractivity contribution in [2.24, 2.45) is 0 Å². The second-order valence-electron chi connectivity index (χ2n) is 4.57. The van der Waals surface area contributed by atoms with E-state index in [4.69, 9.17) is 23.2 Å². The summed E-state index contributed by atoms with van der Waals surface area (Å²) in [7, 11) is 0. The zero-order chi connectivity index (χ0) is 14.3. The van der Waals surface area contributed by atoms with Gasteiger partial charge in [0.15, 0.2) is 0 Å². The molecule has 0 N–H and O–H groups in total. The molecule has 0 fully saturated rings. The van der Waals surface area contributed by atoms with E-state index in [1.54, 1.807) is 6.07 Å². The summed E-state index contributed by atoms with van der Waals surface area (Å²) in [5, 5.41) is 0.343. The van der Waals surface area contributed by atoms with Gasteiger partial charge in [0.05, 0.1) is 22.6 Å². The van der Waals surface area contributed by atoms with Crippen molar-refractivity contribution in [3.05, 3.63) is 58.6 Å². The molecule has 0 aliphatic rings. The van der Waals surface area contributed by atoms with E-state index in [2.05, 4.69) is 4.98 Å². The average Bonchev–Trinajstić information content (AvgIpc) is 2.77. The lowest BCUT2D eigenvalue weighted by Crippen LogP contribution is -2.00. The van der Waals surface area contributed by atoms with E-state index in [1.165, 1.54) is 12.1 Å². The highest BCUT2D eigenvalue weighted by Gasteiger charge is 2.14. The molecule has 0 aliphatic carbocycles. The van der Waals surface area contributed by atoms with Gasteiger partial charge >= 0.3 is 0 Å². The largest absolute Gasteiger partial charge is 0.295 e. The first-order chi connectivity index (χ1) is 9.60. The van der Waals surface area contributed by atoms with Crippen molar-refractivity contribution in [1.82, 2.24) is 9.55 Å². The van der Waals surface area contributed by atoms with Crippen molar-refractivity contribution in [3.8, 4) is 5.69 Å². The molecule has 1 heterocycles. The predicted octanol–water partition coefficient (Wildman–Crippen LogP) is 4.87. The molecule has 102 valence electrons. The van der Waals surface area contributed by atoms with Gasteiger partial charge in [-0.05, 0) is 36.8 Å². The molecule has 0 spiro atoms. The smallest absolute Gasteiger partial charge is 0.129 e. The Bertz CT molecular complexity index is 776. The molecular weight excluding hydrogens is 298 g/mol. The summed E-state index contributed by atoms with van der Waals surface area (Å²) >= 11 is 11.9. The van der Waals surface area contributed by atoms with Crippen LogP contribution in [0.3, 0.4) is 0 Å². The predicted molar refractivity (Wildman–Crippen MR) is 80.3 cm³/mol. The van der Waals surface area contributed by atoms with Crippen molar-refractivity contribution in [2.75, 3.05) is 0 Å². The van der Waals surface area contributed by atoms with Gasteiger partial charge in [0.2, 0.25) is 0 Å². The molecule has 0 amide bonds. The molecule has 0 saturated carbocycles. The fourth-order valence-corrected chi connectivity index (χ4v) is 2.73. The second kappa shape index (κ2) is 5.08. The van der Waals surface area contributed by atoms with E-state index in [0.717, 1.165) is 16.6 Å². The topological polar surface area (TPSA) is 17.8 Å². The summed E-state index contributed by atoms with van der Waals surface area (Å²) in [5.74, 6) is 0.516. The summed E-state index contributed by atoms with van der Waals surface area (Å²) in [6.45, 7) is 1.98. The number of hydrogen-bond acceptors (Lipinski definition) is 1. The third kappa shape index (κ3) is 2.17. The maximum Gasteiger partial charge on any atom is 0.129 e. The Morgan fingerprint density at radius 2 is 2.05 bits per heavy atom. The highest BCUT2D eigenvalue weighted by atomic mass is 35.5. The van der Waals surface area contributed by atoms with Crippen LogP contribution in [0.25, 0.3) is 16.7 Å². The van der Waals surface area contributed by atoms with Crippen molar-refractivity contribution < 1.29 is 4.39 Å². The maximum absolute atomic E-state index is 13.6. The number of halogens is 3. The summed E-state index contributed by atoms with van der Waals surface area (Å²) < 4.78 is 15.4. The van der Waals surface area contributed by atoms with Gasteiger partial charge in [0.1, 0.15) is 11.6 Å². The quantitative estimate of drug-likeness (QED) is 0.618. The Hall–Kier alpha value is -1.58. The first-order valence-electron chi connectivity index (χ1n) is 6.09. The van der Waals surface area contributed by atoms with E-state index in [9.17, 15) is 4.39 Å². The number of rotatable bonds is 2. The van der Waals surface area contributed by atoms with Gasteiger partial charge in [-0.1, -0.05) is 23.7 Å². The number of hydrogen-bond donors (Lipinski definition) is 0. The SMILES string of the molecule is Cc1cccc2c1nc(CCl)n2-c1cc(F)cc(Cl)c1. The van der Waals surface area contributed by atoms with Crippen LogP contribution in [0.5, 0.6) is 0 Å². The number of alkyl halides is 1. The minimum atomic E-state index is -0.387. The number of para-hydroxylation sites is 1. The molecule has 0 bridgehead atoms. The highest BCUT2D eigenvalue weighted by molar-refractivity contribution is 6.30. The minimum absolute atomic E-state index is 0.238. The van der Waals surface area contributed by atoms with Gasteiger partial charge in [0.25, 0.3) is 0 Å². The number of nitrogens with zero attached hydrogens (tertiary/aromatic N) is 2. The molecule has 2 nitrogen and oxygen atoms in total. The Labute approximate surface area is 125 Å². The molecule has 3 aromatic rings. The van der Waals surface area contributed by atoms with Gasteiger partial charge in [-0.2, -0.15) is 0 Å². The van der Waals surface area contributed by atoms with Crippen molar-refractivity contribution >= 4 is 34.2 Å². The lowest BCUT2D eigenvalue weighted by Gasteiger charge is -2.08. The molecular formula is C15H11Cl2FN2. The zero-order valence-corrected chi connectivity index (χ0v) is 12.2. The van der Waals surface area contributed by atoms with E-state index >= 15 is 0 Å². The molecule has 2 aromatic carbocycles. The number of fused-ring (bicyclic) bond motifs is 1. The molecule has 0 atom stereocenters.